The summed E-state index contributed by atoms with van der Waals surface area (Å²) in [6, 6.07) is 2.19. The minimum absolute atomic E-state index is 0.308. The molecule has 1 atom stereocenters. The first-order valence-electron chi connectivity index (χ1n) is 10.6. The highest BCUT2D eigenvalue weighted by Crippen LogP contribution is 2.17. The molecule has 3 rings (SSSR count). The van der Waals surface area contributed by atoms with E-state index >= 15 is 0 Å². The minimum atomic E-state index is 0.308. The largest absolute Gasteiger partial charge is 0.356 e. The zero-order valence-corrected chi connectivity index (χ0v) is 18.2. The van der Waals surface area contributed by atoms with Crippen LogP contribution in [0.5, 0.6) is 0 Å². The van der Waals surface area contributed by atoms with E-state index < -0.39 is 0 Å². The molecule has 3 heterocycles. The Hall–Kier alpha value is -1.60. The van der Waals surface area contributed by atoms with Gasteiger partial charge in [-0.15, -0.1) is 0 Å². The van der Waals surface area contributed by atoms with Crippen LogP contribution in [-0.2, 0) is 4.79 Å². The van der Waals surface area contributed by atoms with Crippen LogP contribution < -0.4 is 5.32 Å². The SMILES string of the molecule is CN=C(NCC(C)c1ccsc1)N1CCN(CC(=O)N2CCCCCC2)CC1. The number of carbonyl (C=O) groups is 1. The van der Waals surface area contributed by atoms with Gasteiger partial charge in [-0.05, 0) is 41.1 Å². The molecule has 7 heteroatoms. The summed E-state index contributed by atoms with van der Waals surface area (Å²) in [4.78, 5) is 23.8. The summed E-state index contributed by atoms with van der Waals surface area (Å²) in [6.07, 6.45) is 4.84. The second-order valence-corrected chi connectivity index (χ2v) is 8.72. The molecule has 0 saturated carbocycles. The Morgan fingerprint density at radius 1 is 1.11 bits per heavy atom. The van der Waals surface area contributed by atoms with E-state index in [2.05, 4.69) is 48.8 Å². The Morgan fingerprint density at radius 3 is 2.43 bits per heavy atom. The third kappa shape index (κ3) is 5.95. The summed E-state index contributed by atoms with van der Waals surface area (Å²) >= 11 is 1.75. The van der Waals surface area contributed by atoms with Crippen LogP contribution in [-0.4, -0.2) is 86.0 Å². The Morgan fingerprint density at radius 2 is 1.82 bits per heavy atom. The molecule has 2 aliphatic rings. The van der Waals surface area contributed by atoms with E-state index in [0.29, 0.717) is 18.4 Å². The number of likely N-dealkylation sites (tertiary alicyclic amines) is 1. The van der Waals surface area contributed by atoms with Gasteiger partial charge < -0.3 is 15.1 Å². The Balaban J connectivity index is 1.41. The molecule has 0 aromatic carbocycles. The van der Waals surface area contributed by atoms with Crippen LogP contribution in [0.2, 0.25) is 0 Å². The molecule has 1 aromatic heterocycles. The van der Waals surface area contributed by atoms with Gasteiger partial charge in [0.2, 0.25) is 5.91 Å². The van der Waals surface area contributed by atoms with Crippen LogP contribution in [0.1, 0.15) is 44.1 Å². The summed E-state index contributed by atoms with van der Waals surface area (Å²) < 4.78 is 0. The molecule has 2 saturated heterocycles. The average molecular weight is 406 g/mol. The van der Waals surface area contributed by atoms with Gasteiger partial charge in [0, 0.05) is 52.9 Å². The maximum absolute atomic E-state index is 12.6. The summed E-state index contributed by atoms with van der Waals surface area (Å²) in [5.41, 5.74) is 1.38. The number of nitrogens with one attached hydrogen (secondary N) is 1. The number of hydrogen-bond donors (Lipinski definition) is 1. The number of thiophene rings is 1. The molecule has 1 aromatic rings. The van der Waals surface area contributed by atoms with Gasteiger partial charge in [-0.1, -0.05) is 19.8 Å². The second kappa shape index (κ2) is 10.8. The Labute approximate surface area is 173 Å². The summed E-state index contributed by atoms with van der Waals surface area (Å²) in [5.74, 6) is 1.75. The number of carbonyl (C=O) groups excluding carboxylic acids is 1. The summed E-state index contributed by atoms with van der Waals surface area (Å²) in [7, 11) is 1.85. The molecular formula is C21H35N5OS. The smallest absolute Gasteiger partial charge is 0.236 e. The predicted octanol–water partition coefficient (Wildman–Crippen LogP) is 2.45. The zero-order chi connectivity index (χ0) is 19.8. The van der Waals surface area contributed by atoms with Crippen molar-refractivity contribution in [2.75, 3.05) is 59.4 Å². The number of hydrogen-bond acceptors (Lipinski definition) is 4. The molecular weight excluding hydrogens is 370 g/mol. The van der Waals surface area contributed by atoms with Crippen LogP contribution >= 0.6 is 11.3 Å². The van der Waals surface area contributed by atoms with Gasteiger partial charge in [-0.3, -0.25) is 14.7 Å². The highest BCUT2D eigenvalue weighted by molar-refractivity contribution is 7.07. The lowest BCUT2D eigenvalue weighted by Crippen LogP contribution is -2.54. The van der Waals surface area contributed by atoms with Crippen molar-refractivity contribution in [1.82, 2.24) is 20.0 Å². The molecule has 1 amide bonds. The number of guanidine groups is 1. The molecule has 0 bridgehead atoms. The first kappa shape index (κ1) is 21.1. The molecule has 6 nitrogen and oxygen atoms in total. The quantitative estimate of drug-likeness (QED) is 0.604. The first-order valence-corrected chi connectivity index (χ1v) is 11.6. The average Bonchev–Trinajstić information content (AvgIpc) is 3.12. The predicted molar refractivity (Wildman–Crippen MR) is 117 cm³/mol. The minimum Gasteiger partial charge on any atom is -0.356 e. The van der Waals surface area contributed by atoms with Crippen molar-refractivity contribution in [2.24, 2.45) is 4.99 Å². The maximum atomic E-state index is 12.6. The topological polar surface area (TPSA) is 51.2 Å². The number of piperazine rings is 1. The highest BCUT2D eigenvalue weighted by atomic mass is 32.1. The molecule has 156 valence electrons. The van der Waals surface area contributed by atoms with Crippen LogP contribution in [0, 0.1) is 0 Å². The lowest BCUT2D eigenvalue weighted by atomic mass is 10.1. The number of amides is 1. The van der Waals surface area contributed by atoms with Gasteiger partial charge in [-0.2, -0.15) is 11.3 Å². The first-order chi connectivity index (χ1) is 13.7. The van der Waals surface area contributed by atoms with Crippen molar-refractivity contribution in [2.45, 2.75) is 38.5 Å². The molecule has 1 N–H and O–H groups in total. The van der Waals surface area contributed by atoms with Crippen molar-refractivity contribution < 1.29 is 4.79 Å². The molecule has 28 heavy (non-hydrogen) atoms. The molecule has 0 aliphatic carbocycles. The Bertz CT molecular complexity index is 617. The van der Waals surface area contributed by atoms with E-state index in [1.807, 2.05) is 7.05 Å². The van der Waals surface area contributed by atoms with E-state index in [9.17, 15) is 4.79 Å². The van der Waals surface area contributed by atoms with Gasteiger partial charge in [0.05, 0.1) is 6.54 Å². The Kier molecular flexibility index (Phi) is 8.15. The van der Waals surface area contributed by atoms with Crippen molar-refractivity contribution in [3.05, 3.63) is 22.4 Å². The standard InChI is InChI=1S/C21H35N5OS/c1-18(19-7-14-28-17-19)15-23-21(22-2)26-12-10-24(11-13-26)16-20(27)25-8-5-3-4-6-9-25/h7,14,17-18H,3-6,8-13,15-16H2,1-2H3,(H,22,23). The van der Waals surface area contributed by atoms with E-state index in [1.54, 1.807) is 11.3 Å². The van der Waals surface area contributed by atoms with Gasteiger partial charge in [0.25, 0.3) is 0 Å². The lowest BCUT2D eigenvalue weighted by Gasteiger charge is -2.37. The normalized spacial score (nSPS) is 20.7. The fourth-order valence-corrected chi connectivity index (χ4v) is 4.76. The van der Waals surface area contributed by atoms with Crippen LogP contribution in [0.3, 0.4) is 0 Å². The zero-order valence-electron chi connectivity index (χ0n) is 17.4. The van der Waals surface area contributed by atoms with Gasteiger partial charge in [-0.25, -0.2) is 0 Å². The highest BCUT2D eigenvalue weighted by Gasteiger charge is 2.24. The lowest BCUT2D eigenvalue weighted by molar-refractivity contribution is -0.132. The van der Waals surface area contributed by atoms with Crippen molar-refractivity contribution in [1.29, 1.82) is 0 Å². The van der Waals surface area contributed by atoms with E-state index in [-0.39, 0.29) is 0 Å². The van der Waals surface area contributed by atoms with Gasteiger partial charge >= 0.3 is 0 Å². The van der Waals surface area contributed by atoms with Crippen LogP contribution in [0.4, 0.5) is 0 Å². The second-order valence-electron chi connectivity index (χ2n) is 7.94. The van der Waals surface area contributed by atoms with E-state index in [1.165, 1.54) is 18.4 Å². The number of rotatable bonds is 5. The summed E-state index contributed by atoms with van der Waals surface area (Å²) in [6.45, 7) is 9.25. The summed E-state index contributed by atoms with van der Waals surface area (Å²) in [5, 5.41) is 7.88. The third-order valence-corrected chi connectivity index (χ3v) is 6.58. The fraction of sp³-hybridized carbons (Fsp3) is 0.714. The van der Waals surface area contributed by atoms with Crippen molar-refractivity contribution in [3.63, 3.8) is 0 Å². The number of aliphatic imine (C=N–C) groups is 1. The van der Waals surface area contributed by atoms with Crippen LogP contribution in [0.25, 0.3) is 0 Å². The molecule has 0 radical (unpaired) electrons. The number of nitrogens with zero attached hydrogens (tertiary/aromatic N) is 4. The van der Waals surface area contributed by atoms with E-state index in [0.717, 1.165) is 64.6 Å². The van der Waals surface area contributed by atoms with Gasteiger partial charge in [0.1, 0.15) is 0 Å². The van der Waals surface area contributed by atoms with Crippen LogP contribution in [0.15, 0.2) is 21.8 Å². The third-order valence-electron chi connectivity index (χ3n) is 5.88. The van der Waals surface area contributed by atoms with E-state index in [4.69, 9.17) is 0 Å². The monoisotopic (exact) mass is 405 g/mol. The van der Waals surface area contributed by atoms with Gasteiger partial charge in [0.15, 0.2) is 5.96 Å². The maximum Gasteiger partial charge on any atom is 0.236 e. The van der Waals surface area contributed by atoms with Crippen molar-refractivity contribution >= 4 is 23.2 Å². The molecule has 1 unspecified atom stereocenters. The molecule has 0 spiro atoms. The molecule has 2 fully saturated rings. The fourth-order valence-electron chi connectivity index (χ4n) is 3.98. The molecule has 2 aliphatic heterocycles. The van der Waals surface area contributed by atoms with Crippen molar-refractivity contribution in [3.8, 4) is 0 Å².